The van der Waals surface area contributed by atoms with Crippen molar-refractivity contribution in [1.29, 1.82) is 0 Å². The van der Waals surface area contributed by atoms with E-state index in [0.29, 0.717) is 18.3 Å². The first-order valence-corrected chi connectivity index (χ1v) is 4.30. The van der Waals surface area contributed by atoms with E-state index in [-0.39, 0.29) is 19.0 Å². The minimum Gasteiger partial charge on any atom is -0.327 e. The van der Waals surface area contributed by atoms with Crippen molar-refractivity contribution in [3.8, 4) is 0 Å². The van der Waals surface area contributed by atoms with Crippen LogP contribution in [0.15, 0.2) is 36.2 Å². The van der Waals surface area contributed by atoms with Gasteiger partial charge in [0.15, 0.2) is 0 Å². The Morgan fingerprint density at radius 2 is 1.93 bits per heavy atom. The van der Waals surface area contributed by atoms with Gasteiger partial charge in [-0.05, 0) is 24.5 Å². The molecule has 0 aromatic heterocycles. The summed E-state index contributed by atoms with van der Waals surface area (Å²) in [6, 6.07) is 8.02. The van der Waals surface area contributed by atoms with Crippen LogP contribution in [0, 0.1) is 6.92 Å². The summed E-state index contributed by atoms with van der Waals surface area (Å²) in [6.07, 6.45) is 1.20. The Morgan fingerprint density at radius 1 is 1.36 bits per heavy atom. The third-order valence-electron chi connectivity index (χ3n) is 1.97. The van der Waals surface area contributed by atoms with Gasteiger partial charge in [-0.1, -0.05) is 29.8 Å². The molecule has 78 valence electrons. The van der Waals surface area contributed by atoms with Crippen LogP contribution in [0.5, 0.6) is 0 Å². The third kappa shape index (κ3) is 3.90. The van der Waals surface area contributed by atoms with Gasteiger partial charge in [-0.15, -0.1) is 12.4 Å². The molecule has 1 aromatic carbocycles. The molecular weight excluding hydrogens is 201 g/mol. The van der Waals surface area contributed by atoms with Crippen molar-refractivity contribution < 1.29 is 4.39 Å². The lowest BCUT2D eigenvalue weighted by atomic mass is 10.1. The summed E-state index contributed by atoms with van der Waals surface area (Å²) < 4.78 is 12.2. The van der Waals surface area contributed by atoms with Crippen molar-refractivity contribution in [1.82, 2.24) is 0 Å². The molecule has 14 heavy (non-hydrogen) atoms. The standard InChI is InChI=1S/C11H14FN.ClH/c1-9-2-4-10(5-3-9)6-11(7-12)8-13;/h2-5,7H,6,8,13H2,1H3;1H. The monoisotopic (exact) mass is 215 g/mol. The molecule has 0 amide bonds. The average molecular weight is 216 g/mol. The van der Waals surface area contributed by atoms with Crippen LogP contribution in [0.25, 0.3) is 0 Å². The molecule has 0 atom stereocenters. The van der Waals surface area contributed by atoms with E-state index in [1.807, 2.05) is 31.2 Å². The number of benzene rings is 1. The fraction of sp³-hybridized carbons (Fsp3) is 0.273. The zero-order chi connectivity index (χ0) is 9.68. The van der Waals surface area contributed by atoms with Crippen LogP contribution in [0.1, 0.15) is 11.1 Å². The number of hydrogen-bond donors (Lipinski definition) is 1. The molecule has 1 nitrogen and oxygen atoms in total. The van der Waals surface area contributed by atoms with Gasteiger partial charge in [0.25, 0.3) is 0 Å². The van der Waals surface area contributed by atoms with Gasteiger partial charge in [0.05, 0.1) is 6.33 Å². The van der Waals surface area contributed by atoms with E-state index >= 15 is 0 Å². The maximum absolute atomic E-state index is 12.2. The lowest BCUT2D eigenvalue weighted by Crippen LogP contribution is -2.05. The van der Waals surface area contributed by atoms with Crippen molar-refractivity contribution in [3.05, 3.63) is 47.3 Å². The van der Waals surface area contributed by atoms with Gasteiger partial charge < -0.3 is 5.73 Å². The van der Waals surface area contributed by atoms with Crippen LogP contribution in [-0.4, -0.2) is 6.54 Å². The second-order valence-electron chi connectivity index (χ2n) is 3.13. The summed E-state index contributed by atoms with van der Waals surface area (Å²) in [6.45, 7) is 2.31. The summed E-state index contributed by atoms with van der Waals surface area (Å²) >= 11 is 0. The Morgan fingerprint density at radius 3 is 2.36 bits per heavy atom. The first-order valence-electron chi connectivity index (χ1n) is 4.30. The van der Waals surface area contributed by atoms with E-state index < -0.39 is 0 Å². The van der Waals surface area contributed by atoms with Gasteiger partial charge in [-0.3, -0.25) is 0 Å². The summed E-state index contributed by atoms with van der Waals surface area (Å²) in [5, 5.41) is 0. The second-order valence-corrected chi connectivity index (χ2v) is 3.13. The molecule has 0 bridgehead atoms. The van der Waals surface area contributed by atoms with Gasteiger partial charge >= 0.3 is 0 Å². The normalized spacial score (nSPS) is 10.9. The van der Waals surface area contributed by atoms with Gasteiger partial charge in [-0.25, -0.2) is 4.39 Å². The highest BCUT2D eigenvalue weighted by Crippen LogP contribution is 2.08. The second kappa shape index (κ2) is 6.57. The van der Waals surface area contributed by atoms with Crippen molar-refractivity contribution in [3.63, 3.8) is 0 Å². The zero-order valence-electron chi connectivity index (χ0n) is 8.16. The van der Waals surface area contributed by atoms with Gasteiger partial charge in [0.2, 0.25) is 0 Å². The van der Waals surface area contributed by atoms with E-state index in [1.54, 1.807) is 0 Å². The smallest absolute Gasteiger partial charge is 0.0875 e. The highest BCUT2D eigenvalue weighted by molar-refractivity contribution is 5.85. The van der Waals surface area contributed by atoms with E-state index in [0.717, 1.165) is 5.56 Å². The Hall–Kier alpha value is -0.860. The van der Waals surface area contributed by atoms with Crippen molar-refractivity contribution in [2.75, 3.05) is 6.54 Å². The van der Waals surface area contributed by atoms with Crippen molar-refractivity contribution in [2.24, 2.45) is 5.73 Å². The Balaban J connectivity index is 0.00000169. The first kappa shape index (κ1) is 13.1. The predicted octanol–water partition coefficient (Wildman–Crippen LogP) is 2.77. The molecule has 0 aliphatic rings. The molecule has 0 saturated carbocycles. The topological polar surface area (TPSA) is 26.0 Å². The summed E-state index contributed by atoms with van der Waals surface area (Å²) in [4.78, 5) is 0. The van der Waals surface area contributed by atoms with Crippen LogP contribution in [-0.2, 0) is 6.42 Å². The number of halogens is 2. The summed E-state index contributed by atoms with van der Waals surface area (Å²) in [7, 11) is 0. The molecule has 2 N–H and O–H groups in total. The lowest BCUT2D eigenvalue weighted by molar-refractivity contribution is 0.699. The van der Waals surface area contributed by atoms with E-state index in [1.165, 1.54) is 5.56 Å². The van der Waals surface area contributed by atoms with Crippen LogP contribution in [0.3, 0.4) is 0 Å². The van der Waals surface area contributed by atoms with Gasteiger partial charge in [-0.2, -0.15) is 0 Å². The van der Waals surface area contributed by atoms with Crippen LogP contribution in [0.2, 0.25) is 0 Å². The molecule has 0 spiro atoms. The molecule has 1 rings (SSSR count). The summed E-state index contributed by atoms with van der Waals surface area (Å²) in [5.74, 6) is 0. The highest BCUT2D eigenvalue weighted by Gasteiger charge is 1.97. The molecule has 0 aliphatic heterocycles. The maximum atomic E-state index is 12.2. The minimum absolute atomic E-state index is 0. The summed E-state index contributed by atoms with van der Waals surface area (Å²) in [5.41, 5.74) is 8.29. The number of aryl methyl sites for hydroxylation is 1. The molecule has 1 aromatic rings. The third-order valence-corrected chi connectivity index (χ3v) is 1.97. The largest absolute Gasteiger partial charge is 0.327 e. The number of hydrogen-bond acceptors (Lipinski definition) is 1. The molecule has 0 fully saturated rings. The average Bonchev–Trinajstić information content (AvgIpc) is 2.17. The van der Waals surface area contributed by atoms with Crippen LogP contribution in [0.4, 0.5) is 4.39 Å². The number of nitrogens with two attached hydrogens (primary N) is 1. The van der Waals surface area contributed by atoms with Crippen molar-refractivity contribution in [2.45, 2.75) is 13.3 Å². The molecule has 0 heterocycles. The fourth-order valence-corrected chi connectivity index (χ4v) is 1.12. The Kier molecular flexibility index (Phi) is 6.17. The predicted molar refractivity (Wildman–Crippen MR) is 60.4 cm³/mol. The first-order chi connectivity index (χ1) is 6.26. The number of rotatable bonds is 3. The minimum atomic E-state index is 0. The van der Waals surface area contributed by atoms with Gasteiger partial charge in [0.1, 0.15) is 0 Å². The molecule has 0 aliphatic carbocycles. The van der Waals surface area contributed by atoms with E-state index in [4.69, 9.17) is 5.73 Å². The van der Waals surface area contributed by atoms with Crippen LogP contribution >= 0.6 is 12.4 Å². The van der Waals surface area contributed by atoms with Crippen LogP contribution < -0.4 is 5.73 Å². The molecule has 0 saturated heterocycles. The Labute approximate surface area is 90.2 Å². The van der Waals surface area contributed by atoms with Crippen molar-refractivity contribution >= 4 is 12.4 Å². The molecule has 0 unspecified atom stereocenters. The van der Waals surface area contributed by atoms with E-state index in [2.05, 4.69) is 0 Å². The SMILES string of the molecule is Cc1ccc(CC(=CF)CN)cc1.Cl. The van der Waals surface area contributed by atoms with Gasteiger partial charge in [0, 0.05) is 6.54 Å². The molecular formula is C11H15ClFN. The maximum Gasteiger partial charge on any atom is 0.0875 e. The molecule has 3 heteroatoms. The Bertz CT molecular complexity index is 293. The molecule has 0 radical (unpaired) electrons. The highest BCUT2D eigenvalue weighted by atomic mass is 35.5. The van der Waals surface area contributed by atoms with E-state index in [9.17, 15) is 4.39 Å². The zero-order valence-corrected chi connectivity index (χ0v) is 8.98. The lowest BCUT2D eigenvalue weighted by Gasteiger charge is -2.02. The quantitative estimate of drug-likeness (QED) is 0.825. The fourth-order valence-electron chi connectivity index (χ4n) is 1.12.